The Hall–Kier alpha value is -1.05. The topological polar surface area (TPSA) is 57.2 Å². The molecular weight excluding hydrogens is 459 g/mol. The fourth-order valence-electron chi connectivity index (χ4n) is 6.36. The second-order valence-corrected chi connectivity index (χ2v) is 11.6. The van der Waals surface area contributed by atoms with Crippen LogP contribution < -0.4 is 0 Å². The molecule has 204 valence electrons. The second kappa shape index (κ2) is 13.7. The number of hydrogen-bond donors (Lipinski definition) is 1. The lowest BCUT2D eigenvalue weighted by atomic mass is 9.89. The van der Waals surface area contributed by atoms with Gasteiger partial charge in [0.05, 0.1) is 18.8 Å². The summed E-state index contributed by atoms with van der Waals surface area (Å²) in [5.41, 5.74) is 2.10. The van der Waals surface area contributed by atoms with E-state index in [-0.39, 0.29) is 36.5 Å². The Morgan fingerprint density at radius 2 is 1.81 bits per heavy atom. The van der Waals surface area contributed by atoms with Crippen molar-refractivity contribution >= 4 is 0 Å². The standard InChI is InChI=1S/C30H47FO5/c1-20(2)10-11-21(3)27(35-29-8-4-6-14-33-29)13-12-24-25-17-23(26(31)19-32)16-22(25)18-28(24)36-30-9-5-7-15-34-30/h10,12-13,21-22,24-25,27-30,32H,4-9,11,14-19H2,1-3H3/b13-12+,26-23?/t21-,22-,24+,25-,27+,28+,29?,30?/m0/s1. The first-order valence-corrected chi connectivity index (χ1v) is 14.3. The summed E-state index contributed by atoms with van der Waals surface area (Å²) in [4.78, 5) is 0. The summed E-state index contributed by atoms with van der Waals surface area (Å²) in [6.45, 7) is 7.54. The van der Waals surface area contributed by atoms with E-state index in [2.05, 4.69) is 39.0 Å². The largest absolute Gasteiger partial charge is 0.389 e. The molecule has 2 heterocycles. The van der Waals surface area contributed by atoms with Gasteiger partial charge in [-0.25, -0.2) is 4.39 Å². The SMILES string of the molecule is CC(C)=CC[C@H](C)[C@@H](/C=C/[C@@H]1[C@H]2CC(=C(F)CO)C[C@H]2C[C@H]1OC1CCCCO1)OC1CCCCO1. The predicted octanol–water partition coefficient (Wildman–Crippen LogP) is 6.62. The van der Waals surface area contributed by atoms with Crippen LogP contribution >= 0.6 is 0 Å². The van der Waals surface area contributed by atoms with Crippen LogP contribution in [0.25, 0.3) is 0 Å². The van der Waals surface area contributed by atoms with Gasteiger partial charge in [-0.15, -0.1) is 0 Å². The van der Waals surface area contributed by atoms with E-state index in [1.807, 2.05) is 0 Å². The Labute approximate surface area is 217 Å². The number of ether oxygens (including phenoxy) is 4. The zero-order valence-electron chi connectivity index (χ0n) is 22.5. The lowest BCUT2D eigenvalue weighted by molar-refractivity contribution is -0.193. The average molecular weight is 507 g/mol. The normalized spacial score (nSPS) is 36.0. The summed E-state index contributed by atoms with van der Waals surface area (Å²) < 4.78 is 39.2. The van der Waals surface area contributed by atoms with Crippen molar-refractivity contribution in [1.82, 2.24) is 0 Å². The fourth-order valence-corrected chi connectivity index (χ4v) is 6.36. The van der Waals surface area contributed by atoms with E-state index in [1.54, 1.807) is 0 Å². The van der Waals surface area contributed by atoms with Crippen LogP contribution in [0.2, 0.25) is 0 Å². The number of halogens is 1. The van der Waals surface area contributed by atoms with Crippen molar-refractivity contribution in [3.63, 3.8) is 0 Å². The molecule has 2 saturated heterocycles. The minimum Gasteiger partial charge on any atom is -0.389 e. The Kier molecular flexibility index (Phi) is 10.6. The van der Waals surface area contributed by atoms with E-state index in [4.69, 9.17) is 18.9 Å². The van der Waals surface area contributed by atoms with E-state index >= 15 is 0 Å². The van der Waals surface area contributed by atoms with E-state index < -0.39 is 6.61 Å². The highest BCUT2D eigenvalue weighted by molar-refractivity contribution is 5.21. The van der Waals surface area contributed by atoms with Gasteiger partial charge in [0.25, 0.3) is 0 Å². The van der Waals surface area contributed by atoms with Crippen LogP contribution in [0.15, 0.2) is 35.2 Å². The average Bonchev–Trinajstić information content (AvgIpc) is 3.44. The number of fused-ring (bicyclic) bond motifs is 1. The minimum absolute atomic E-state index is 0.0556. The van der Waals surface area contributed by atoms with Crippen molar-refractivity contribution < 1.29 is 28.4 Å². The van der Waals surface area contributed by atoms with Crippen molar-refractivity contribution in [1.29, 1.82) is 0 Å². The van der Waals surface area contributed by atoms with Gasteiger partial charge in [-0.05, 0) is 101 Å². The van der Waals surface area contributed by atoms with Crippen molar-refractivity contribution in [3.8, 4) is 0 Å². The van der Waals surface area contributed by atoms with Crippen LogP contribution in [0.1, 0.15) is 85.0 Å². The summed E-state index contributed by atoms with van der Waals surface area (Å²) in [6.07, 6.45) is 16.2. The summed E-state index contributed by atoms with van der Waals surface area (Å²) in [5.74, 6) is 0.849. The van der Waals surface area contributed by atoms with Gasteiger partial charge in [-0.3, -0.25) is 0 Å². The Balaban J connectivity index is 1.51. The summed E-state index contributed by atoms with van der Waals surface area (Å²) >= 11 is 0. The molecule has 36 heavy (non-hydrogen) atoms. The highest BCUT2D eigenvalue weighted by Gasteiger charge is 2.48. The first-order chi connectivity index (χ1) is 17.4. The van der Waals surface area contributed by atoms with Gasteiger partial charge in [-0.1, -0.05) is 30.7 Å². The Bertz CT molecular complexity index is 776. The number of allylic oxidation sites excluding steroid dienone is 3. The fraction of sp³-hybridized carbons (Fsp3) is 0.800. The minimum atomic E-state index is -0.496. The highest BCUT2D eigenvalue weighted by atomic mass is 19.1. The lowest BCUT2D eigenvalue weighted by Gasteiger charge is -2.31. The first-order valence-electron chi connectivity index (χ1n) is 14.3. The molecule has 6 heteroatoms. The number of hydrogen-bond acceptors (Lipinski definition) is 5. The summed E-state index contributed by atoms with van der Waals surface area (Å²) in [7, 11) is 0. The van der Waals surface area contributed by atoms with Crippen LogP contribution in [-0.4, -0.2) is 49.7 Å². The van der Waals surface area contributed by atoms with Gasteiger partial charge in [-0.2, -0.15) is 0 Å². The lowest BCUT2D eigenvalue weighted by Crippen LogP contribution is -2.32. The summed E-state index contributed by atoms with van der Waals surface area (Å²) in [5, 5.41) is 9.35. The highest BCUT2D eigenvalue weighted by Crippen LogP contribution is 2.52. The van der Waals surface area contributed by atoms with Crippen LogP contribution in [-0.2, 0) is 18.9 Å². The molecule has 2 saturated carbocycles. The zero-order valence-corrected chi connectivity index (χ0v) is 22.5. The van der Waals surface area contributed by atoms with E-state index in [1.165, 1.54) is 5.57 Å². The molecule has 2 unspecified atom stereocenters. The maximum absolute atomic E-state index is 14.3. The molecule has 1 N–H and O–H groups in total. The number of rotatable bonds is 10. The molecule has 0 aromatic heterocycles. The van der Waals surface area contributed by atoms with Gasteiger partial charge >= 0.3 is 0 Å². The quantitative estimate of drug-likeness (QED) is 0.338. The molecule has 0 bridgehead atoms. The Morgan fingerprint density at radius 1 is 1.08 bits per heavy atom. The van der Waals surface area contributed by atoms with Gasteiger partial charge in [0.1, 0.15) is 5.83 Å². The molecular formula is C30H47FO5. The van der Waals surface area contributed by atoms with Crippen LogP contribution in [0, 0.1) is 23.7 Å². The molecule has 4 rings (SSSR count). The molecule has 4 fully saturated rings. The van der Waals surface area contributed by atoms with Crippen molar-refractivity contribution in [3.05, 3.63) is 35.2 Å². The molecule has 0 spiro atoms. The summed E-state index contributed by atoms with van der Waals surface area (Å²) in [6, 6.07) is 0. The van der Waals surface area contributed by atoms with Crippen molar-refractivity contribution in [2.75, 3.05) is 19.8 Å². The molecule has 0 amide bonds. The third kappa shape index (κ3) is 7.50. The molecule has 0 radical (unpaired) electrons. The monoisotopic (exact) mass is 506 g/mol. The van der Waals surface area contributed by atoms with Gasteiger partial charge in [0.15, 0.2) is 12.6 Å². The molecule has 0 aromatic carbocycles. The smallest absolute Gasteiger partial charge is 0.158 e. The predicted molar refractivity (Wildman–Crippen MR) is 139 cm³/mol. The zero-order chi connectivity index (χ0) is 25.5. The molecule has 2 aliphatic carbocycles. The molecule has 0 aromatic rings. The second-order valence-electron chi connectivity index (χ2n) is 11.6. The third-order valence-electron chi connectivity index (χ3n) is 8.47. The molecule has 8 atom stereocenters. The van der Waals surface area contributed by atoms with E-state index in [9.17, 15) is 9.50 Å². The van der Waals surface area contributed by atoms with Crippen LogP contribution in [0.5, 0.6) is 0 Å². The van der Waals surface area contributed by atoms with Crippen LogP contribution in [0.3, 0.4) is 0 Å². The van der Waals surface area contributed by atoms with Gasteiger partial charge in [0, 0.05) is 19.1 Å². The first kappa shape index (κ1) is 28.0. The Morgan fingerprint density at radius 3 is 2.44 bits per heavy atom. The van der Waals surface area contributed by atoms with Crippen LogP contribution in [0.4, 0.5) is 4.39 Å². The van der Waals surface area contributed by atoms with Gasteiger partial charge in [0.2, 0.25) is 0 Å². The van der Waals surface area contributed by atoms with E-state index in [0.717, 1.165) is 76.6 Å². The molecule has 5 nitrogen and oxygen atoms in total. The van der Waals surface area contributed by atoms with Crippen molar-refractivity contribution in [2.45, 2.75) is 110 Å². The maximum Gasteiger partial charge on any atom is 0.158 e. The number of aliphatic hydroxyl groups is 1. The van der Waals surface area contributed by atoms with E-state index in [0.29, 0.717) is 24.2 Å². The maximum atomic E-state index is 14.3. The van der Waals surface area contributed by atoms with Gasteiger partial charge < -0.3 is 24.1 Å². The third-order valence-corrected chi connectivity index (χ3v) is 8.47. The molecule has 2 aliphatic heterocycles. The molecule has 4 aliphatic rings. The van der Waals surface area contributed by atoms with Crippen molar-refractivity contribution in [2.24, 2.45) is 23.7 Å². The number of aliphatic hydroxyl groups excluding tert-OH is 1.